The van der Waals surface area contributed by atoms with Crippen molar-refractivity contribution < 1.29 is 4.79 Å². The molecule has 1 saturated heterocycles. The molecule has 1 fully saturated rings. The van der Waals surface area contributed by atoms with Gasteiger partial charge >= 0.3 is 0 Å². The van der Waals surface area contributed by atoms with Gasteiger partial charge in [0.05, 0.1) is 4.08 Å². The van der Waals surface area contributed by atoms with E-state index >= 15 is 0 Å². The molecule has 0 N–H and O–H groups in total. The molecule has 3 heteroatoms. The van der Waals surface area contributed by atoms with Crippen LogP contribution in [0.5, 0.6) is 0 Å². The van der Waals surface area contributed by atoms with E-state index in [0.717, 1.165) is 12.0 Å². The fourth-order valence-corrected chi connectivity index (χ4v) is 4.88. The van der Waals surface area contributed by atoms with E-state index in [1.165, 1.54) is 17.9 Å². The number of rotatable bonds is 4. The molecule has 0 bridgehead atoms. The Kier molecular flexibility index (Phi) is 4.57. The molecule has 0 aromatic heterocycles. The molecule has 0 saturated carbocycles. The second-order valence-electron chi connectivity index (χ2n) is 4.47. The summed E-state index contributed by atoms with van der Waals surface area (Å²) in [6.07, 6.45) is 2.95. The fourth-order valence-electron chi connectivity index (χ4n) is 1.93. The Labute approximate surface area is 112 Å². The number of benzene rings is 1. The van der Waals surface area contributed by atoms with Crippen molar-refractivity contribution in [3.05, 3.63) is 35.9 Å². The molecule has 0 unspecified atom stereocenters. The second-order valence-corrected chi connectivity index (χ2v) is 7.93. The third kappa shape index (κ3) is 3.78. The third-order valence-electron chi connectivity index (χ3n) is 3.01. The Morgan fingerprint density at radius 3 is 2.53 bits per heavy atom. The maximum absolute atomic E-state index is 12.0. The Morgan fingerprint density at radius 2 is 1.88 bits per heavy atom. The van der Waals surface area contributed by atoms with E-state index in [1.807, 2.05) is 53.9 Å². The van der Waals surface area contributed by atoms with Crippen molar-refractivity contribution in [3.63, 3.8) is 0 Å². The minimum absolute atomic E-state index is 0.253. The van der Waals surface area contributed by atoms with Gasteiger partial charge in [-0.25, -0.2) is 0 Å². The average Bonchev–Trinajstić information content (AvgIpc) is 2.38. The zero-order chi connectivity index (χ0) is 12.1. The van der Waals surface area contributed by atoms with Crippen molar-refractivity contribution in [2.24, 2.45) is 0 Å². The third-order valence-corrected chi connectivity index (χ3v) is 6.33. The standard InChI is InChI=1S/C14H18OS2/c1-14(16-10-5-11-17-14)9-8-13(15)12-6-3-2-4-7-12/h2-4,6-7H,5,8-11H2,1H3. The first kappa shape index (κ1) is 13.0. The topological polar surface area (TPSA) is 17.1 Å². The number of hydrogen-bond acceptors (Lipinski definition) is 3. The van der Waals surface area contributed by atoms with Crippen LogP contribution in [0.15, 0.2) is 30.3 Å². The molecule has 0 spiro atoms. The molecule has 2 rings (SSSR count). The number of hydrogen-bond donors (Lipinski definition) is 0. The van der Waals surface area contributed by atoms with Crippen LogP contribution >= 0.6 is 23.5 Å². The molecule has 1 aliphatic rings. The zero-order valence-electron chi connectivity index (χ0n) is 10.1. The number of Topliss-reactive ketones (excluding diaryl/α,β-unsaturated/α-hetero) is 1. The molecule has 1 nitrogen and oxygen atoms in total. The predicted molar refractivity (Wildman–Crippen MR) is 77.9 cm³/mol. The lowest BCUT2D eigenvalue weighted by Crippen LogP contribution is -2.22. The molecule has 1 heterocycles. The van der Waals surface area contributed by atoms with Crippen LogP contribution in [-0.2, 0) is 0 Å². The molecular formula is C14H18OS2. The van der Waals surface area contributed by atoms with Gasteiger partial charge in [-0.05, 0) is 31.3 Å². The van der Waals surface area contributed by atoms with E-state index in [4.69, 9.17) is 0 Å². The van der Waals surface area contributed by atoms with E-state index in [2.05, 4.69) is 6.92 Å². The van der Waals surface area contributed by atoms with Crippen LogP contribution in [0.25, 0.3) is 0 Å². The smallest absolute Gasteiger partial charge is 0.162 e. The molecule has 0 amide bonds. The first-order valence-corrected chi connectivity index (χ1v) is 8.03. The van der Waals surface area contributed by atoms with Gasteiger partial charge in [0, 0.05) is 12.0 Å². The van der Waals surface area contributed by atoms with Gasteiger partial charge in [-0.2, -0.15) is 0 Å². The average molecular weight is 266 g/mol. The lowest BCUT2D eigenvalue weighted by molar-refractivity contribution is 0.0979. The van der Waals surface area contributed by atoms with Crippen molar-refractivity contribution in [1.82, 2.24) is 0 Å². The summed E-state index contributed by atoms with van der Waals surface area (Å²) in [5.74, 6) is 2.75. The number of ketones is 1. The van der Waals surface area contributed by atoms with E-state index in [9.17, 15) is 4.79 Å². The van der Waals surface area contributed by atoms with E-state index in [1.54, 1.807) is 0 Å². The number of thioether (sulfide) groups is 2. The van der Waals surface area contributed by atoms with Crippen LogP contribution in [0, 0.1) is 0 Å². The predicted octanol–water partition coefficient (Wildman–Crippen LogP) is 4.24. The Hall–Kier alpha value is -0.410. The van der Waals surface area contributed by atoms with Gasteiger partial charge in [0.1, 0.15) is 0 Å². The van der Waals surface area contributed by atoms with Crippen molar-refractivity contribution in [3.8, 4) is 0 Å². The Balaban J connectivity index is 1.87. The minimum atomic E-state index is 0.253. The van der Waals surface area contributed by atoms with Gasteiger partial charge in [-0.15, -0.1) is 23.5 Å². The number of carbonyl (C=O) groups is 1. The van der Waals surface area contributed by atoms with Crippen LogP contribution in [0.1, 0.15) is 36.5 Å². The van der Waals surface area contributed by atoms with Crippen LogP contribution in [-0.4, -0.2) is 21.4 Å². The molecule has 0 atom stereocenters. The largest absolute Gasteiger partial charge is 0.294 e. The fraction of sp³-hybridized carbons (Fsp3) is 0.500. The van der Waals surface area contributed by atoms with Crippen molar-refractivity contribution in [1.29, 1.82) is 0 Å². The second kappa shape index (κ2) is 5.96. The normalized spacial score (nSPS) is 18.9. The summed E-state index contributed by atoms with van der Waals surface area (Å²) in [5, 5.41) is 0. The van der Waals surface area contributed by atoms with E-state index in [0.29, 0.717) is 6.42 Å². The van der Waals surface area contributed by atoms with Crippen molar-refractivity contribution in [2.45, 2.75) is 30.3 Å². The summed E-state index contributed by atoms with van der Waals surface area (Å²) >= 11 is 4.03. The molecule has 1 aromatic carbocycles. The lowest BCUT2D eigenvalue weighted by atomic mass is 10.1. The van der Waals surface area contributed by atoms with Crippen LogP contribution < -0.4 is 0 Å². The first-order chi connectivity index (χ1) is 8.20. The summed E-state index contributed by atoms with van der Waals surface area (Å²) in [5.41, 5.74) is 0.849. The summed E-state index contributed by atoms with van der Waals surface area (Å²) in [6.45, 7) is 2.28. The van der Waals surface area contributed by atoms with Gasteiger partial charge in [-0.1, -0.05) is 30.3 Å². The van der Waals surface area contributed by atoms with E-state index < -0.39 is 0 Å². The molecule has 17 heavy (non-hydrogen) atoms. The summed E-state index contributed by atoms with van der Waals surface area (Å²) in [6, 6.07) is 9.63. The van der Waals surface area contributed by atoms with Crippen LogP contribution in [0.2, 0.25) is 0 Å². The molecule has 0 aliphatic carbocycles. The van der Waals surface area contributed by atoms with Crippen molar-refractivity contribution in [2.75, 3.05) is 11.5 Å². The van der Waals surface area contributed by atoms with Gasteiger partial charge in [-0.3, -0.25) is 4.79 Å². The molecule has 92 valence electrons. The summed E-state index contributed by atoms with van der Waals surface area (Å²) in [4.78, 5) is 12.0. The van der Waals surface area contributed by atoms with Crippen molar-refractivity contribution >= 4 is 29.3 Å². The highest BCUT2D eigenvalue weighted by Gasteiger charge is 2.28. The lowest BCUT2D eigenvalue weighted by Gasteiger charge is -2.32. The molecular weight excluding hydrogens is 248 g/mol. The zero-order valence-corrected chi connectivity index (χ0v) is 11.8. The maximum atomic E-state index is 12.0. The van der Waals surface area contributed by atoms with Crippen LogP contribution in [0.3, 0.4) is 0 Å². The Bertz CT molecular complexity index is 369. The summed E-state index contributed by atoms with van der Waals surface area (Å²) in [7, 11) is 0. The Morgan fingerprint density at radius 1 is 1.24 bits per heavy atom. The highest BCUT2D eigenvalue weighted by molar-refractivity contribution is 8.18. The van der Waals surface area contributed by atoms with Crippen LogP contribution in [0.4, 0.5) is 0 Å². The maximum Gasteiger partial charge on any atom is 0.162 e. The van der Waals surface area contributed by atoms with Gasteiger partial charge in [0.25, 0.3) is 0 Å². The first-order valence-electron chi connectivity index (χ1n) is 6.06. The molecule has 0 radical (unpaired) electrons. The highest BCUT2D eigenvalue weighted by Crippen LogP contribution is 2.45. The highest BCUT2D eigenvalue weighted by atomic mass is 32.2. The molecule has 1 aliphatic heterocycles. The number of carbonyl (C=O) groups excluding carboxylic acids is 1. The molecule has 1 aromatic rings. The van der Waals surface area contributed by atoms with Gasteiger partial charge in [0.15, 0.2) is 5.78 Å². The monoisotopic (exact) mass is 266 g/mol. The minimum Gasteiger partial charge on any atom is -0.294 e. The van der Waals surface area contributed by atoms with Gasteiger partial charge in [0.2, 0.25) is 0 Å². The van der Waals surface area contributed by atoms with Gasteiger partial charge < -0.3 is 0 Å². The summed E-state index contributed by atoms with van der Waals surface area (Å²) < 4.78 is 0.253. The van der Waals surface area contributed by atoms with E-state index in [-0.39, 0.29) is 9.86 Å². The quantitative estimate of drug-likeness (QED) is 0.759. The SMILES string of the molecule is CC1(CCC(=O)c2ccccc2)SCCCS1.